The van der Waals surface area contributed by atoms with Crippen LogP contribution in [0.5, 0.6) is 0 Å². The Hall–Kier alpha value is -0.350. The first-order chi connectivity index (χ1) is 6.70. The van der Waals surface area contributed by atoms with Crippen LogP contribution in [0.3, 0.4) is 0 Å². The van der Waals surface area contributed by atoms with Crippen LogP contribution in [0.25, 0.3) is 0 Å². The molecule has 0 radical (unpaired) electrons. The van der Waals surface area contributed by atoms with Gasteiger partial charge in [0.1, 0.15) is 0 Å². The molecule has 2 rings (SSSR count). The van der Waals surface area contributed by atoms with Gasteiger partial charge in [-0.15, -0.1) is 0 Å². The lowest BCUT2D eigenvalue weighted by Gasteiger charge is -2.23. The molecule has 0 N–H and O–H groups in total. The standard InChI is InChI=1S/C13H19P/c1-10-6-4-5-7-13(10)14-11(2)8-9-12(14)3/h4-7,11-12H,8-9H2,1-3H3/t11-,12-/m1/s1. The Kier molecular flexibility index (Phi) is 2.93. The second kappa shape index (κ2) is 4.03. The summed E-state index contributed by atoms with van der Waals surface area (Å²) in [5, 5.41) is 1.65. The largest absolute Gasteiger partial charge is 0.0692 e. The topological polar surface area (TPSA) is 0 Å². The molecule has 76 valence electrons. The quantitative estimate of drug-likeness (QED) is 0.615. The molecular weight excluding hydrogens is 187 g/mol. The van der Waals surface area contributed by atoms with Crippen LogP contribution in [0.15, 0.2) is 24.3 Å². The molecule has 1 aliphatic heterocycles. The predicted octanol–water partition coefficient (Wildman–Crippen LogP) is 3.67. The average Bonchev–Trinajstić information content (AvgIpc) is 2.48. The van der Waals surface area contributed by atoms with Crippen molar-refractivity contribution in [1.29, 1.82) is 0 Å². The van der Waals surface area contributed by atoms with Crippen molar-refractivity contribution >= 4 is 13.2 Å². The first-order valence-corrected chi connectivity index (χ1v) is 7.02. The second-order valence-electron chi connectivity index (χ2n) is 4.47. The molecule has 1 heteroatoms. The number of hydrogen-bond acceptors (Lipinski definition) is 0. The maximum absolute atomic E-state index is 2.43. The van der Waals surface area contributed by atoms with E-state index < -0.39 is 0 Å². The predicted molar refractivity (Wildman–Crippen MR) is 65.9 cm³/mol. The molecule has 2 atom stereocenters. The number of benzene rings is 1. The minimum atomic E-state index is 0.117. The van der Waals surface area contributed by atoms with Crippen molar-refractivity contribution in [1.82, 2.24) is 0 Å². The van der Waals surface area contributed by atoms with E-state index in [-0.39, 0.29) is 7.92 Å². The first kappa shape index (κ1) is 10.2. The summed E-state index contributed by atoms with van der Waals surface area (Å²) < 4.78 is 0. The molecule has 0 aliphatic carbocycles. The molecule has 1 aromatic carbocycles. The van der Waals surface area contributed by atoms with Crippen molar-refractivity contribution in [3.05, 3.63) is 29.8 Å². The summed E-state index contributed by atoms with van der Waals surface area (Å²) in [5.41, 5.74) is 3.36. The van der Waals surface area contributed by atoms with Crippen molar-refractivity contribution < 1.29 is 0 Å². The lowest BCUT2D eigenvalue weighted by atomic mass is 10.2. The zero-order valence-electron chi connectivity index (χ0n) is 9.33. The Morgan fingerprint density at radius 3 is 2.21 bits per heavy atom. The summed E-state index contributed by atoms with van der Waals surface area (Å²) in [6.45, 7) is 7.12. The highest BCUT2D eigenvalue weighted by molar-refractivity contribution is 7.67. The van der Waals surface area contributed by atoms with Gasteiger partial charge in [0, 0.05) is 0 Å². The fourth-order valence-electron chi connectivity index (χ4n) is 2.52. The molecule has 0 aromatic heterocycles. The minimum Gasteiger partial charge on any atom is -0.0692 e. The van der Waals surface area contributed by atoms with Crippen LogP contribution in [-0.2, 0) is 0 Å². The highest BCUT2D eigenvalue weighted by Gasteiger charge is 2.31. The van der Waals surface area contributed by atoms with Crippen LogP contribution in [0.2, 0.25) is 0 Å². The summed E-state index contributed by atoms with van der Waals surface area (Å²) >= 11 is 0. The van der Waals surface area contributed by atoms with E-state index in [9.17, 15) is 0 Å². The number of rotatable bonds is 1. The molecule has 0 amide bonds. The van der Waals surface area contributed by atoms with Gasteiger partial charge < -0.3 is 0 Å². The molecule has 1 saturated heterocycles. The van der Waals surface area contributed by atoms with Crippen LogP contribution in [0, 0.1) is 6.92 Å². The van der Waals surface area contributed by atoms with Gasteiger partial charge >= 0.3 is 0 Å². The monoisotopic (exact) mass is 206 g/mol. The summed E-state index contributed by atoms with van der Waals surface area (Å²) in [7, 11) is 0.117. The number of aryl methyl sites for hydroxylation is 1. The van der Waals surface area contributed by atoms with Gasteiger partial charge in [0.25, 0.3) is 0 Å². The molecule has 0 nitrogen and oxygen atoms in total. The maximum Gasteiger partial charge on any atom is -0.0195 e. The Balaban J connectivity index is 2.34. The van der Waals surface area contributed by atoms with Crippen LogP contribution >= 0.6 is 7.92 Å². The maximum atomic E-state index is 2.43. The first-order valence-electron chi connectivity index (χ1n) is 5.54. The zero-order valence-corrected chi connectivity index (χ0v) is 10.2. The second-order valence-corrected chi connectivity index (χ2v) is 7.53. The van der Waals surface area contributed by atoms with Gasteiger partial charge in [0.15, 0.2) is 0 Å². The van der Waals surface area contributed by atoms with Gasteiger partial charge in [0.2, 0.25) is 0 Å². The van der Waals surface area contributed by atoms with E-state index in [1.54, 1.807) is 5.30 Å². The highest BCUT2D eigenvalue weighted by atomic mass is 31.1. The van der Waals surface area contributed by atoms with Crippen molar-refractivity contribution in [2.24, 2.45) is 0 Å². The normalized spacial score (nSPS) is 28.2. The van der Waals surface area contributed by atoms with Gasteiger partial charge in [-0.2, -0.15) is 0 Å². The molecule has 1 aromatic rings. The molecule has 14 heavy (non-hydrogen) atoms. The summed E-state index contributed by atoms with van der Waals surface area (Å²) in [4.78, 5) is 0. The van der Waals surface area contributed by atoms with Crippen molar-refractivity contribution in [3.8, 4) is 0 Å². The SMILES string of the molecule is Cc1ccccc1P1[C@H](C)CC[C@H]1C. The molecule has 0 saturated carbocycles. The van der Waals surface area contributed by atoms with E-state index in [0.717, 1.165) is 11.3 Å². The van der Waals surface area contributed by atoms with Gasteiger partial charge in [-0.1, -0.05) is 46.0 Å². The summed E-state index contributed by atoms with van der Waals surface area (Å²) in [6, 6.07) is 8.96. The van der Waals surface area contributed by atoms with Crippen LogP contribution in [0.4, 0.5) is 0 Å². The van der Waals surface area contributed by atoms with Crippen LogP contribution in [-0.4, -0.2) is 11.3 Å². The van der Waals surface area contributed by atoms with Crippen LogP contribution in [0.1, 0.15) is 32.3 Å². The van der Waals surface area contributed by atoms with E-state index in [4.69, 9.17) is 0 Å². The minimum absolute atomic E-state index is 0.117. The van der Waals surface area contributed by atoms with Gasteiger partial charge in [-0.3, -0.25) is 0 Å². The van der Waals surface area contributed by atoms with E-state index in [2.05, 4.69) is 45.0 Å². The highest BCUT2D eigenvalue weighted by Crippen LogP contribution is 2.54. The molecule has 0 bridgehead atoms. The Labute approximate surface area is 88.5 Å². The smallest absolute Gasteiger partial charge is 0.0195 e. The lowest BCUT2D eigenvalue weighted by molar-refractivity contribution is 0.777. The van der Waals surface area contributed by atoms with E-state index in [0.29, 0.717) is 0 Å². The molecule has 1 aliphatic rings. The lowest BCUT2D eigenvalue weighted by Crippen LogP contribution is -2.13. The molecule has 0 unspecified atom stereocenters. The zero-order chi connectivity index (χ0) is 10.1. The third-order valence-electron chi connectivity index (χ3n) is 3.35. The van der Waals surface area contributed by atoms with Gasteiger partial charge in [0.05, 0.1) is 0 Å². The summed E-state index contributed by atoms with van der Waals surface area (Å²) in [6.07, 6.45) is 2.86. The molecular formula is C13H19P. The molecule has 0 spiro atoms. The third-order valence-corrected chi connectivity index (χ3v) is 6.82. The fraction of sp³-hybridized carbons (Fsp3) is 0.538. The Morgan fingerprint density at radius 2 is 1.64 bits per heavy atom. The van der Waals surface area contributed by atoms with Crippen molar-refractivity contribution in [2.45, 2.75) is 44.9 Å². The van der Waals surface area contributed by atoms with E-state index >= 15 is 0 Å². The van der Waals surface area contributed by atoms with Gasteiger partial charge in [-0.25, -0.2) is 0 Å². The Morgan fingerprint density at radius 1 is 1.07 bits per heavy atom. The third kappa shape index (κ3) is 1.73. The molecule has 1 heterocycles. The van der Waals surface area contributed by atoms with Crippen molar-refractivity contribution in [3.63, 3.8) is 0 Å². The average molecular weight is 206 g/mol. The van der Waals surface area contributed by atoms with E-state index in [1.165, 1.54) is 18.4 Å². The fourth-order valence-corrected chi connectivity index (χ4v) is 5.94. The number of hydrogen-bond donors (Lipinski definition) is 0. The Bertz CT molecular complexity index is 309. The van der Waals surface area contributed by atoms with E-state index in [1.807, 2.05) is 0 Å². The van der Waals surface area contributed by atoms with Crippen molar-refractivity contribution in [2.75, 3.05) is 0 Å². The van der Waals surface area contributed by atoms with Crippen LogP contribution < -0.4 is 5.30 Å². The summed E-state index contributed by atoms with van der Waals surface area (Å²) in [5.74, 6) is 0. The van der Waals surface area contributed by atoms with Gasteiger partial charge in [-0.05, 0) is 42.0 Å². The molecule has 1 fully saturated rings.